The van der Waals surface area contributed by atoms with Crippen molar-refractivity contribution in [1.29, 1.82) is 0 Å². The fourth-order valence-corrected chi connectivity index (χ4v) is 1.95. The van der Waals surface area contributed by atoms with Crippen molar-refractivity contribution in [2.24, 2.45) is 0 Å². The zero-order valence-electron chi connectivity index (χ0n) is 12.2. The quantitative estimate of drug-likeness (QED) is 0.891. The topological polar surface area (TPSA) is 58.2 Å². The molecule has 0 aromatic heterocycles. The predicted octanol–water partition coefficient (Wildman–Crippen LogP) is 2.43. The molecule has 0 aliphatic carbocycles. The molecule has 0 bridgehead atoms. The molecule has 2 amide bonds. The van der Waals surface area contributed by atoms with E-state index < -0.39 is 11.7 Å². The van der Waals surface area contributed by atoms with Crippen LogP contribution >= 0.6 is 0 Å². The molecule has 0 radical (unpaired) electrons. The van der Waals surface area contributed by atoms with E-state index in [1.807, 2.05) is 30.3 Å². The summed E-state index contributed by atoms with van der Waals surface area (Å²) in [5, 5.41) is 5.12. The summed E-state index contributed by atoms with van der Waals surface area (Å²) in [5.41, 5.74) is 2.04. The van der Waals surface area contributed by atoms with Crippen molar-refractivity contribution in [3.8, 4) is 0 Å². The summed E-state index contributed by atoms with van der Waals surface area (Å²) in [6.07, 6.45) is 0.215. The molecule has 2 N–H and O–H groups in total. The Labute approximate surface area is 128 Å². The summed E-state index contributed by atoms with van der Waals surface area (Å²) in [6.45, 7) is 1.62. The van der Waals surface area contributed by atoms with Crippen molar-refractivity contribution in [2.75, 3.05) is 11.9 Å². The largest absolute Gasteiger partial charge is 0.347 e. The smallest absolute Gasteiger partial charge is 0.243 e. The summed E-state index contributed by atoms with van der Waals surface area (Å²) in [7, 11) is 0. The van der Waals surface area contributed by atoms with Crippen LogP contribution in [0.3, 0.4) is 0 Å². The van der Waals surface area contributed by atoms with E-state index in [2.05, 4.69) is 10.6 Å². The highest BCUT2D eigenvalue weighted by molar-refractivity contribution is 5.95. The van der Waals surface area contributed by atoms with Crippen LogP contribution in [0.15, 0.2) is 48.5 Å². The van der Waals surface area contributed by atoms with Gasteiger partial charge in [-0.25, -0.2) is 4.39 Å². The SMILES string of the molecule is Cc1ccc(F)cc1NC(=O)CNC(=O)Cc1ccccc1. The number of rotatable bonds is 5. The highest BCUT2D eigenvalue weighted by Gasteiger charge is 2.08. The Balaban J connectivity index is 1.82. The Morgan fingerprint density at radius 3 is 2.50 bits per heavy atom. The highest BCUT2D eigenvalue weighted by Crippen LogP contribution is 2.15. The summed E-state index contributed by atoms with van der Waals surface area (Å²) in [5.74, 6) is -1.05. The molecule has 0 aliphatic rings. The van der Waals surface area contributed by atoms with Crippen LogP contribution in [0.5, 0.6) is 0 Å². The lowest BCUT2D eigenvalue weighted by molar-refractivity contribution is -0.123. The second-order valence-electron chi connectivity index (χ2n) is 4.95. The Bertz CT molecular complexity index is 672. The van der Waals surface area contributed by atoms with E-state index in [4.69, 9.17) is 0 Å². The first kappa shape index (κ1) is 15.7. The van der Waals surface area contributed by atoms with Gasteiger partial charge in [0.1, 0.15) is 5.82 Å². The van der Waals surface area contributed by atoms with E-state index >= 15 is 0 Å². The lowest BCUT2D eigenvalue weighted by Crippen LogP contribution is -2.33. The summed E-state index contributed by atoms with van der Waals surface area (Å²) >= 11 is 0. The van der Waals surface area contributed by atoms with Gasteiger partial charge in [0.15, 0.2) is 0 Å². The molecule has 0 aliphatic heterocycles. The number of carbonyl (C=O) groups is 2. The Morgan fingerprint density at radius 2 is 1.77 bits per heavy atom. The highest BCUT2D eigenvalue weighted by atomic mass is 19.1. The van der Waals surface area contributed by atoms with Crippen LogP contribution < -0.4 is 10.6 Å². The van der Waals surface area contributed by atoms with Crippen molar-refractivity contribution in [3.63, 3.8) is 0 Å². The van der Waals surface area contributed by atoms with E-state index in [1.54, 1.807) is 13.0 Å². The normalized spacial score (nSPS) is 10.1. The minimum Gasteiger partial charge on any atom is -0.347 e. The van der Waals surface area contributed by atoms with Crippen LogP contribution in [-0.4, -0.2) is 18.4 Å². The third kappa shape index (κ3) is 4.70. The van der Waals surface area contributed by atoms with E-state index in [0.29, 0.717) is 5.69 Å². The molecule has 4 nitrogen and oxygen atoms in total. The second-order valence-corrected chi connectivity index (χ2v) is 4.95. The van der Waals surface area contributed by atoms with Gasteiger partial charge in [-0.15, -0.1) is 0 Å². The zero-order valence-corrected chi connectivity index (χ0v) is 12.2. The molecule has 0 heterocycles. The van der Waals surface area contributed by atoms with Gasteiger partial charge in [0, 0.05) is 5.69 Å². The van der Waals surface area contributed by atoms with Gasteiger partial charge >= 0.3 is 0 Å². The van der Waals surface area contributed by atoms with Crippen molar-refractivity contribution in [1.82, 2.24) is 5.32 Å². The minimum absolute atomic E-state index is 0.151. The number of hydrogen-bond acceptors (Lipinski definition) is 2. The molecule has 0 spiro atoms. The number of anilines is 1. The number of benzene rings is 2. The molecule has 5 heteroatoms. The van der Waals surface area contributed by atoms with E-state index in [1.165, 1.54) is 12.1 Å². The van der Waals surface area contributed by atoms with Crippen molar-refractivity contribution in [2.45, 2.75) is 13.3 Å². The van der Waals surface area contributed by atoms with Gasteiger partial charge in [-0.1, -0.05) is 36.4 Å². The number of hydrogen-bond donors (Lipinski definition) is 2. The second kappa shape index (κ2) is 7.36. The predicted molar refractivity (Wildman–Crippen MR) is 82.9 cm³/mol. The maximum Gasteiger partial charge on any atom is 0.243 e. The number of aryl methyl sites for hydroxylation is 1. The third-order valence-corrected chi connectivity index (χ3v) is 3.13. The number of nitrogens with one attached hydrogen (secondary N) is 2. The summed E-state index contributed by atoms with van der Waals surface area (Å²) in [6, 6.07) is 13.4. The average molecular weight is 300 g/mol. The molecule has 2 rings (SSSR count). The molecule has 0 saturated carbocycles. The Kier molecular flexibility index (Phi) is 5.25. The summed E-state index contributed by atoms with van der Waals surface area (Å²) in [4.78, 5) is 23.5. The van der Waals surface area contributed by atoms with Gasteiger partial charge in [-0.3, -0.25) is 9.59 Å². The van der Waals surface area contributed by atoms with Crippen molar-refractivity contribution in [3.05, 3.63) is 65.5 Å². The molecule has 0 fully saturated rings. The molecule has 0 atom stereocenters. The fourth-order valence-electron chi connectivity index (χ4n) is 1.95. The van der Waals surface area contributed by atoms with Crippen molar-refractivity contribution < 1.29 is 14.0 Å². The molecule has 2 aromatic rings. The number of amides is 2. The first-order chi connectivity index (χ1) is 10.5. The van der Waals surface area contributed by atoms with Crippen LogP contribution in [0.1, 0.15) is 11.1 Å². The molecule has 2 aromatic carbocycles. The standard InChI is InChI=1S/C17H17FN2O2/c1-12-7-8-14(18)10-15(12)20-17(22)11-19-16(21)9-13-5-3-2-4-6-13/h2-8,10H,9,11H2,1H3,(H,19,21)(H,20,22). The fraction of sp³-hybridized carbons (Fsp3) is 0.176. The van der Waals surface area contributed by atoms with E-state index in [-0.39, 0.29) is 18.9 Å². The first-order valence-corrected chi connectivity index (χ1v) is 6.91. The molecule has 0 saturated heterocycles. The van der Waals surface area contributed by atoms with Crippen LogP contribution in [0.4, 0.5) is 10.1 Å². The maximum atomic E-state index is 13.1. The Hall–Kier alpha value is -2.69. The van der Waals surface area contributed by atoms with E-state index in [9.17, 15) is 14.0 Å². The molecule has 22 heavy (non-hydrogen) atoms. The maximum absolute atomic E-state index is 13.1. The zero-order chi connectivity index (χ0) is 15.9. The first-order valence-electron chi connectivity index (χ1n) is 6.91. The Morgan fingerprint density at radius 1 is 1.05 bits per heavy atom. The van der Waals surface area contributed by atoms with E-state index in [0.717, 1.165) is 11.1 Å². The third-order valence-electron chi connectivity index (χ3n) is 3.13. The van der Waals surface area contributed by atoms with Crippen LogP contribution in [0, 0.1) is 12.7 Å². The van der Waals surface area contributed by atoms with Gasteiger partial charge in [-0.2, -0.15) is 0 Å². The van der Waals surface area contributed by atoms with Gasteiger partial charge in [0.25, 0.3) is 0 Å². The lowest BCUT2D eigenvalue weighted by Gasteiger charge is -2.09. The van der Waals surface area contributed by atoms with Crippen molar-refractivity contribution >= 4 is 17.5 Å². The minimum atomic E-state index is -0.422. The molecule has 114 valence electrons. The van der Waals surface area contributed by atoms with Gasteiger partial charge in [-0.05, 0) is 30.2 Å². The average Bonchev–Trinajstić information content (AvgIpc) is 2.50. The van der Waals surface area contributed by atoms with Crippen LogP contribution in [0.25, 0.3) is 0 Å². The van der Waals surface area contributed by atoms with Crippen LogP contribution in [-0.2, 0) is 16.0 Å². The van der Waals surface area contributed by atoms with Gasteiger partial charge in [0.05, 0.1) is 13.0 Å². The monoisotopic (exact) mass is 300 g/mol. The van der Waals surface area contributed by atoms with Gasteiger partial charge < -0.3 is 10.6 Å². The summed E-state index contributed by atoms with van der Waals surface area (Å²) < 4.78 is 13.1. The number of halogens is 1. The number of carbonyl (C=O) groups excluding carboxylic acids is 2. The molecule has 0 unspecified atom stereocenters. The lowest BCUT2D eigenvalue weighted by atomic mass is 10.1. The van der Waals surface area contributed by atoms with Gasteiger partial charge in [0.2, 0.25) is 11.8 Å². The molecular weight excluding hydrogens is 283 g/mol. The van der Waals surface area contributed by atoms with Crippen LogP contribution in [0.2, 0.25) is 0 Å². The molecular formula is C17H17FN2O2.